The predicted molar refractivity (Wildman–Crippen MR) is 74.1 cm³/mol. The van der Waals surface area contributed by atoms with Crippen molar-refractivity contribution in [1.82, 2.24) is 0 Å². The van der Waals surface area contributed by atoms with E-state index in [0.29, 0.717) is 5.41 Å². The maximum atomic E-state index is 11.3. The van der Waals surface area contributed by atoms with Gasteiger partial charge in [0.1, 0.15) is 0 Å². The van der Waals surface area contributed by atoms with Crippen molar-refractivity contribution >= 4 is 11.1 Å². The van der Waals surface area contributed by atoms with Gasteiger partial charge in [-0.1, -0.05) is 30.7 Å². The van der Waals surface area contributed by atoms with Gasteiger partial charge in [0.25, 0.3) is 0 Å². The van der Waals surface area contributed by atoms with Crippen LogP contribution in [0.4, 0.5) is 0 Å². The van der Waals surface area contributed by atoms with Crippen LogP contribution in [0.3, 0.4) is 0 Å². The molecule has 1 aromatic carbocycles. The Labute approximate surface area is 111 Å². The van der Waals surface area contributed by atoms with Gasteiger partial charge >= 0.3 is 0 Å². The molecule has 18 heavy (non-hydrogen) atoms. The van der Waals surface area contributed by atoms with Crippen molar-refractivity contribution in [1.29, 1.82) is 0 Å². The van der Waals surface area contributed by atoms with E-state index in [1.165, 1.54) is 30.4 Å². The molecule has 0 aromatic heterocycles. The molecule has 3 unspecified atom stereocenters. The third-order valence-corrected chi connectivity index (χ3v) is 5.91. The van der Waals surface area contributed by atoms with Crippen LogP contribution in [-0.4, -0.2) is 14.0 Å². The third-order valence-electron chi connectivity index (χ3n) is 4.87. The molecular weight excluding hydrogens is 244 g/mol. The number of aryl methyl sites for hydroxylation is 1. The summed E-state index contributed by atoms with van der Waals surface area (Å²) >= 11 is -1.64. The minimum Gasteiger partial charge on any atom is -0.306 e. The molecule has 1 N–H and O–H groups in total. The van der Waals surface area contributed by atoms with Gasteiger partial charge in [-0.15, -0.1) is 0 Å². The molecule has 1 saturated carbocycles. The second-order valence-corrected chi connectivity index (χ2v) is 6.99. The van der Waals surface area contributed by atoms with Crippen LogP contribution < -0.4 is 0 Å². The van der Waals surface area contributed by atoms with E-state index in [-0.39, 0.29) is 5.25 Å². The summed E-state index contributed by atoms with van der Waals surface area (Å²) in [5.74, 6) is 0. The molecule has 98 valence electrons. The lowest BCUT2D eigenvalue weighted by Crippen LogP contribution is -2.22. The Kier molecular flexibility index (Phi) is 3.29. The third kappa shape index (κ3) is 2.04. The molecule has 3 rings (SSSR count). The molecule has 0 aliphatic heterocycles. The summed E-state index contributed by atoms with van der Waals surface area (Å²) in [7, 11) is 0. The normalized spacial score (nSPS) is 33.1. The quantitative estimate of drug-likeness (QED) is 0.789. The summed E-state index contributed by atoms with van der Waals surface area (Å²) in [6, 6.07) is 8.79. The molecule has 3 atom stereocenters. The summed E-state index contributed by atoms with van der Waals surface area (Å²) in [5.41, 5.74) is 3.33. The highest BCUT2D eigenvalue weighted by Gasteiger charge is 2.40. The van der Waals surface area contributed by atoms with Gasteiger partial charge in [0.2, 0.25) is 0 Å². The summed E-state index contributed by atoms with van der Waals surface area (Å²) < 4.78 is 20.6. The highest BCUT2D eigenvalue weighted by atomic mass is 32.2. The molecule has 0 bridgehead atoms. The Hall–Kier alpha value is -0.670. The number of benzene rings is 1. The van der Waals surface area contributed by atoms with Crippen LogP contribution >= 0.6 is 0 Å². The van der Waals surface area contributed by atoms with Gasteiger partial charge in [0.05, 0.1) is 5.25 Å². The molecule has 1 spiro atoms. The van der Waals surface area contributed by atoms with E-state index in [9.17, 15) is 8.76 Å². The van der Waals surface area contributed by atoms with E-state index >= 15 is 0 Å². The van der Waals surface area contributed by atoms with Crippen molar-refractivity contribution in [3.8, 4) is 0 Å². The lowest BCUT2D eigenvalue weighted by molar-refractivity contribution is 0.369. The van der Waals surface area contributed by atoms with Crippen LogP contribution in [0.5, 0.6) is 0 Å². The fraction of sp³-hybridized carbons (Fsp3) is 0.600. The molecule has 0 saturated heterocycles. The summed E-state index contributed by atoms with van der Waals surface area (Å²) in [6.45, 7) is 0. The number of hydrogen-bond acceptors (Lipinski definition) is 1. The Bertz CT molecular complexity index is 471. The van der Waals surface area contributed by atoms with Crippen LogP contribution in [0.25, 0.3) is 0 Å². The fourth-order valence-corrected chi connectivity index (χ4v) is 4.55. The van der Waals surface area contributed by atoms with Gasteiger partial charge in [-0.05, 0) is 55.1 Å². The average Bonchev–Trinajstić information content (AvgIpc) is 2.58. The second kappa shape index (κ2) is 4.78. The van der Waals surface area contributed by atoms with Crippen LogP contribution in [-0.2, 0) is 22.9 Å². The van der Waals surface area contributed by atoms with Crippen LogP contribution in [0, 0.1) is 0 Å². The van der Waals surface area contributed by atoms with Crippen molar-refractivity contribution in [3.05, 3.63) is 35.4 Å². The maximum absolute atomic E-state index is 11.3. The van der Waals surface area contributed by atoms with Crippen molar-refractivity contribution in [3.63, 3.8) is 0 Å². The van der Waals surface area contributed by atoms with E-state index in [2.05, 4.69) is 24.3 Å². The van der Waals surface area contributed by atoms with Gasteiger partial charge in [0.15, 0.2) is 11.1 Å². The molecule has 1 aromatic rings. The maximum Gasteiger partial charge on any atom is 0.155 e. The monoisotopic (exact) mass is 264 g/mol. The average molecular weight is 264 g/mol. The Balaban J connectivity index is 1.87. The van der Waals surface area contributed by atoms with Crippen molar-refractivity contribution in [2.24, 2.45) is 0 Å². The first-order valence-corrected chi connectivity index (χ1v) is 8.06. The van der Waals surface area contributed by atoms with Crippen LogP contribution in [0.1, 0.15) is 49.7 Å². The zero-order chi connectivity index (χ0) is 12.6. The Morgan fingerprint density at radius 2 is 2.00 bits per heavy atom. The SMILES string of the molecule is O=S(O)C1CCCC2(CCc3ccccc32)CC1. The zero-order valence-corrected chi connectivity index (χ0v) is 11.4. The fourth-order valence-electron chi connectivity index (χ4n) is 3.86. The number of rotatable bonds is 1. The van der Waals surface area contributed by atoms with E-state index in [0.717, 1.165) is 25.7 Å². The first kappa shape index (κ1) is 12.4. The van der Waals surface area contributed by atoms with E-state index < -0.39 is 11.1 Å². The highest BCUT2D eigenvalue weighted by Crippen LogP contribution is 2.48. The smallest absolute Gasteiger partial charge is 0.155 e. The summed E-state index contributed by atoms with van der Waals surface area (Å²) in [5, 5.41) is -0.00265. The molecule has 2 aliphatic carbocycles. The number of hydrogen-bond donors (Lipinski definition) is 1. The van der Waals surface area contributed by atoms with Gasteiger partial charge in [-0.3, -0.25) is 0 Å². The first-order chi connectivity index (χ1) is 8.71. The lowest BCUT2D eigenvalue weighted by atomic mass is 9.75. The van der Waals surface area contributed by atoms with Gasteiger partial charge in [-0.2, -0.15) is 0 Å². The molecule has 3 heteroatoms. The van der Waals surface area contributed by atoms with Gasteiger partial charge in [0, 0.05) is 0 Å². The van der Waals surface area contributed by atoms with Crippen LogP contribution in [0.15, 0.2) is 24.3 Å². The van der Waals surface area contributed by atoms with Gasteiger partial charge in [-0.25, -0.2) is 4.21 Å². The topological polar surface area (TPSA) is 37.3 Å². The second-order valence-electron chi connectivity index (χ2n) is 5.77. The molecule has 1 fully saturated rings. The molecular formula is C15H20O2S. The largest absolute Gasteiger partial charge is 0.306 e. The first-order valence-electron chi connectivity index (χ1n) is 6.89. The highest BCUT2D eigenvalue weighted by molar-refractivity contribution is 7.79. The minimum atomic E-state index is -1.64. The lowest BCUT2D eigenvalue weighted by Gasteiger charge is -2.29. The summed E-state index contributed by atoms with van der Waals surface area (Å²) in [6.07, 6.45) is 7.59. The van der Waals surface area contributed by atoms with Crippen molar-refractivity contribution < 1.29 is 8.76 Å². The van der Waals surface area contributed by atoms with E-state index in [1.54, 1.807) is 0 Å². The molecule has 0 heterocycles. The molecule has 2 nitrogen and oxygen atoms in total. The Morgan fingerprint density at radius 3 is 2.83 bits per heavy atom. The van der Waals surface area contributed by atoms with Crippen LogP contribution in [0.2, 0.25) is 0 Å². The number of fused-ring (bicyclic) bond motifs is 2. The standard InChI is InChI=1S/C15H20O2S/c16-18(17)13-5-3-9-15(11-8-13)10-7-12-4-1-2-6-14(12)15/h1-2,4,6,13H,3,5,7-11H2,(H,16,17). The van der Waals surface area contributed by atoms with Crippen molar-refractivity contribution in [2.75, 3.05) is 0 Å². The molecule has 2 aliphatic rings. The summed E-state index contributed by atoms with van der Waals surface area (Å²) in [4.78, 5) is 0. The van der Waals surface area contributed by atoms with Crippen molar-refractivity contribution in [2.45, 2.75) is 55.6 Å². The van der Waals surface area contributed by atoms with Gasteiger partial charge < -0.3 is 4.55 Å². The zero-order valence-electron chi connectivity index (χ0n) is 10.6. The van der Waals surface area contributed by atoms with E-state index in [4.69, 9.17) is 0 Å². The molecule has 0 amide bonds. The minimum absolute atomic E-state index is 0.00265. The predicted octanol–water partition coefficient (Wildman–Crippen LogP) is 3.43. The Morgan fingerprint density at radius 1 is 1.17 bits per heavy atom. The molecule has 0 radical (unpaired) electrons. The van der Waals surface area contributed by atoms with E-state index in [1.807, 2.05) is 0 Å².